The van der Waals surface area contributed by atoms with Gasteiger partial charge in [0.15, 0.2) is 0 Å². The van der Waals surface area contributed by atoms with E-state index in [-0.39, 0.29) is 6.04 Å². The Morgan fingerprint density at radius 3 is 2.78 bits per heavy atom. The van der Waals surface area contributed by atoms with Crippen molar-refractivity contribution in [2.45, 2.75) is 26.4 Å². The van der Waals surface area contributed by atoms with Gasteiger partial charge in [-0.2, -0.15) is 5.10 Å². The summed E-state index contributed by atoms with van der Waals surface area (Å²) in [7, 11) is 0. The third-order valence-electron chi connectivity index (χ3n) is 2.90. The minimum Gasteiger partial charge on any atom is -0.306 e. The fraction of sp³-hybridized carbons (Fsp3) is 0.357. The van der Waals surface area contributed by atoms with E-state index in [1.54, 1.807) is 0 Å². The molecule has 0 aliphatic carbocycles. The SMILES string of the molecule is CCNC(c1cccc(Br)c1)c1cnn(CC)c1. The Balaban J connectivity index is 2.33. The zero-order valence-electron chi connectivity index (χ0n) is 10.7. The van der Waals surface area contributed by atoms with Gasteiger partial charge in [0, 0.05) is 22.8 Å². The molecule has 0 amide bonds. The normalized spacial score (nSPS) is 12.6. The van der Waals surface area contributed by atoms with E-state index >= 15 is 0 Å². The number of halogens is 1. The van der Waals surface area contributed by atoms with Gasteiger partial charge in [-0.3, -0.25) is 4.68 Å². The van der Waals surface area contributed by atoms with E-state index in [0.717, 1.165) is 17.6 Å². The molecular formula is C14H18BrN3. The second-order valence-corrected chi connectivity index (χ2v) is 5.09. The van der Waals surface area contributed by atoms with Crippen LogP contribution in [0.25, 0.3) is 0 Å². The lowest BCUT2D eigenvalue weighted by Gasteiger charge is -2.17. The second-order valence-electron chi connectivity index (χ2n) is 4.18. The van der Waals surface area contributed by atoms with E-state index in [0.29, 0.717) is 0 Å². The van der Waals surface area contributed by atoms with Crippen LogP contribution in [0.1, 0.15) is 31.0 Å². The predicted octanol–water partition coefficient (Wildman–Crippen LogP) is 3.36. The molecule has 1 unspecified atom stereocenters. The van der Waals surface area contributed by atoms with E-state index in [9.17, 15) is 0 Å². The maximum Gasteiger partial charge on any atom is 0.0608 e. The van der Waals surface area contributed by atoms with Crippen molar-refractivity contribution >= 4 is 15.9 Å². The molecule has 1 atom stereocenters. The van der Waals surface area contributed by atoms with Gasteiger partial charge in [-0.1, -0.05) is 35.0 Å². The fourth-order valence-electron chi connectivity index (χ4n) is 2.02. The second kappa shape index (κ2) is 6.16. The van der Waals surface area contributed by atoms with Crippen molar-refractivity contribution in [2.75, 3.05) is 6.54 Å². The summed E-state index contributed by atoms with van der Waals surface area (Å²) < 4.78 is 3.06. The Labute approximate surface area is 116 Å². The van der Waals surface area contributed by atoms with Crippen LogP contribution in [-0.4, -0.2) is 16.3 Å². The highest BCUT2D eigenvalue weighted by atomic mass is 79.9. The standard InChI is InChI=1S/C14H18BrN3/c1-3-16-14(11-6-5-7-13(15)8-11)12-9-17-18(4-2)10-12/h5-10,14,16H,3-4H2,1-2H3. The van der Waals surface area contributed by atoms with Gasteiger partial charge < -0.3 is 5.32 Å². The largest absolute Gasteiger partial charge is 0.306 e. The first-order valence-corrected chi connectivity index (χ1v) is 7.05. The first-order valence-electron chi connectivity index (χ1n) is 6.25. The summed E-state index contributed by atoms with van der Waals surface area (Å²) in [6.07, 6.45) is 4.05. The average Bonchev–Trinajstić information content (AvgIpc) is 2.84. The van der Waals surface area contributed by atoms with Crippen LogP contribution >= 0.6 is 15.9 Å². The number of rotatable bonds is 5. The summed E-state index contributed by atoms with van der Waals surface area (Å²) in [5.41, 5.74) is 2.46. The highest BCUT2D eigenvalue weighted by Gasteiger charge is 2.14. The summed E-state index contributed by atoms with van der Waals surface area (Å²) in [5, 5.41) is 7.86. The fourth-order valence-corrected chi connectivity index (χ4v) is 2.44. The third-order valence-corrected chi connectivity index (χ3v) is 3.39. The zero-order valence-corrected chi connectivity index (χ0v) is 12.3. The summed E-state index contributed by atoms with van der Waals surface area (Å²) in [6, 6.07) is 8.60. The van der Waals surface area contributed by atoms with Crippen LogP contribution in [0, 0.1) is 0 Å². The van der Waals surface area contributed by atoms with Crippen molar-refractivity contribution < 1.29 is 0 Å². The van der Waals surface area contributed by atoms with Gasteiger partial charge >= 0.3 is 0 Å². The minimum atomic E-state index is 0.202. The van der Waals surface area contributed by atoms with Gasteiger partial charge in [-0.05, 0) is 31.2 Å². The van der Waals surface area contributed by atoms with Crippen molar-refractivity contribution in [3.05, 3.63) is 52.3 Å². The van der Waals surface area contributed by atoms with Crippen LogP contribution in [0.3, 0.4) is 0 Å². The maximum absolute atomic E-state index is 4.35. The van der Waals surface area contributed by atoms with Crippen LogP contribution in [0.2, 0.25) is 0 Å². The van der Waals surface area contributed by atoms with E-state index in [1.807, 2.05) is 16.9 Å². The first kappa shape index (κ1) is 13.3. The molecule has 1 aromatic carbocycles. The highest BCUT2D eigenvalue weighted by Crippen LogP contribution is 2.24. The Morgan fingerprint density at radius 2 is 2.17 bits per heavy atom. The maximum atomic E-state index is 4.35. The zero-order chi connectivity index (χ0) is 13.0. The number of benzene rings is 1. The molecule has 3 nitrogen and oxygen atoms in total. The quantitative estimate of drug-likeness (QED) is 0.918. The Bertz CT molecular complexity index is 507. The summed E-state index contributed by atoms with van der Waals surface area (Å²) in [6.45, 7) is 6.04. The van der Waals surface area contributed by atoms with Gasteiger partial charge in [0.25, 0.3) is 0 Å². The van der Waals surface area contributed by atoms with Crippen LogP contribution in [-0.2, 0) is 6.54 Å². The van der Waals surface area contributed by atoms with Crippen LogP contribution in [0.4, 0.5) is 0 Å². The summed E-state index contributed by atoms with van der Waals surface area (Å²) in [4.78, 5) is 0. The lowest BCUT2D eigenvalue weighted by molar-refractivity contribution is 0.625. The molecular weight excluding hydrogens is 290 g/mol. The number of aromatic nitrogens is 2. The van der Waals surface area contributed by atoms with E-state index < -0.39 is 0 Å². The lowest BCUT2D eigenvalue weighted by atomic mass is 10.0. The molecule has 0 saturated carbocycles. The Hall–Kier alpha value is -1.13. The molecule has 0 aliphatic heterocycles. The highest BCUT2D eigenvalue weighted by molar-refractivity contribution is 9.10. The molecule has 0 bridgehead atoms. The van der Waals surface area contributed by atoms with Crippen molar-refractivity contribution in [1.82, 2.24) is 15.1 Å². The number of hydrogen-bond donors (Lipinski definition) is 1. The summed E-state index contributed by atoms with van der Waals surface area (Å²) in [5.74, 6) is 0. The number of nitrogens with one attached hydrogen (secondary N) is 1. The first-order chi connectivity index (χ1) is 8.74. The van der Waals surface area contributed by atoms with Crippen molar-refractivity contribution in [1.29, 1.82) is 0 Å². The molecule has 96 valence electrons. The van der Waals surface area contributed by atoms with Gasteiger partial charge in [-0.25, -0.2) is 0 Å². The molecule has 18 heavy (non-hydrogen) atoms. The van der Waals surface area contributed by atoms with E-state index in [1.165, 1.54) is 11.1 Å². The van der Waals surface area contributed by atoms with Crippen molar-refractivity contribution in [3.63, 3.8) is 0 Å². The molecule has 0 saturated heterocycles. The van der Waals surface area contributed by atoms with E-state index in [4.69, 9.17) is 0 Å². The van der Waals surface area contributed by atoms with Crippen LogP contribution in [0.15, 0.2) is 41.1 Å². The lowest BCUT2D eigenvalue weighted by Crippen LogP contribution is -2.21. The van der Waals surface area contributed by atoms with Gasteiger partial charge in [0.2, 0.25) is 0 Å². The Kier molecular flexibility index (Phi) is 4.55. The van der Waals surface area contributed by atoms with Crippen molar-refractivity contribution in [2.24, 2.45) is 0 Å². The third kappa shape index (κ3) is 3.00. The summed E-state index contributed by atoms with van der Waals surface area (Å²) >= 11 is 3.52. The Morgan fingerprint density at radius 1 is 1.33 bits per heavy atom. The molecule has 0 aliphatic rings. The monoisotopic (exact) mass is 307 g/mol. The predicted molar refractivity (Wildman–Crippen MR) is 77.6 cm³/mol. The molecule has 4 heteroatoms. The van der Waals surface area contributed by atoms with Crippen LogP contribution < -0.4 is 5.32 Å². The molecule has 0 spiro atoms. The number of nitrogens with zero attached hydrogens (tertiary/aromatic N) is 2. The topological polar surface area (TPSA) is 29.9 Å². The number of aryl methyl sites for hydroxylation is 1. The number of hydrogen-bond acceptors (Lipinski definition) is 2. The average molecular weight is 308 g/mol. The minimum absolute atomic E-state index is 0.202. The van der Waals surface area contributed by atoms with Gasteiger partial charge in [0.1, 0.15) is 0 Å². The smallest absolute Gasteiger partial charge is 0.0608 e. The molecule has 1 aromatic heterocycles. The van der Waals surface area contributed by atoms with Crippen molar-refractivity contribution in [3.8, 4) is 0 Å². The van der Waals surface area contributed by atoms with Gasteiger partial charge in [0.05, 0.1) is 12.2 Å². The van der Waals surface area contributed by atoms with Gasteiger partial charge in [-0.15, -0.1) is 0 Å². The molecule has 2 rings (SSSR count). The molecule has 0 radical (unpaired) electrons. The van der Waals surface area contributed by atoms with E-state index in [2.05, 4.69) is 64.6 Å². The molecule has 1 heterocycles. The molecule has 1 N–H and O–H groups in total. The molecule has 0 fully saturated rings. The molecule has 2 aromatic rings. The van der Waals surface area contributed by atoms with Crippen LogP contribution in [0.5, 0.6) is 0 Å².